The summed E-state index contributed by atoms with van der Waals surface area (Å²) < 4.78 is 10.1. The zero-order valence-corrected chi connectivity index (χ0v) is 10.2. The minimum absolute atomic E-state index is 0.135. The molecular formula is C15H12O4. The van der Waals surface area contributed by atoms with Gasteiger partial charge in [-0.05, 0) is 16.8 Å². The van der Waals surface area contributed by atoms with Gasteiger partial charge in [0.15, 0.2) is 0 Å². The van der Waals surface area contributed by atoms with Crippen molar-refractivity contribution >= 4 is 22.7 Å². The van der Waals surface area contributed by atoms with Gasteiger partial charge in [0.25, 0.3) is 0 Å². The Morgan fingerprint density at radius 2 is 1.95 bits per heavy atom. The Labute approximate surface area is 109 Å². The van der Waals surface area contributed by atoms with Gasteiger partial charge in [0.1, 0.15) is 12.7 Å². The molecule has 0 spiro atoms. The highest BCUT2D eigenvalue weighted by molar-refractivity contribution is 6.04. The molecule has 96 valence electrons. The Morgan fingerprint density at radius 3 is 2.74 bits per heavy atom. The average Bonchev–Trinajstić information content (AvgIpc) is 2.83. The van der Waals surface area contributed by atoms with Gasteiger partial charge in [-0.25, -0.2) is 4.79 Å². The van der Waals surface area contributed by atoms with Gasteiger partial charge in [-0.2, -0.15) is 0 Å². The molecule has 0 unspecified atom stereocenters. The first-order chi connectivity index (χ1) is 9.24. The highest BCUT2D eigenvalue weighted by Gasteiger charge is 2.27. The highest BCUT2D eigenvalue weighted by Crippen LogP contribution is 2.21. The van der Waals surface area contributed by atoms with E-state index in [0.29, 0.717) is 5.56 Å². The van der Waals surface area contributed by atoms with E-state index in [4.69, 9.17) is 9.47 Å². The first-order valence-electron chi connectivity index (χ1n) is 6.08. The second-order valence-corrected chi connectivity index (χ2v) is 4.44. The molecule has 1 saturated heterocycles. The molecule has 1 aliphatic rings. The van der Waals surface area contributed by atoms with E-state index < -0.39 is 12.1 Å². The van der Waals surface area contributed by atoms with Crippen molar-refractivity contribution in [2.24, 2.45) is 0 Å². The van der Waals surface area contributed by atoms with E-state index in [1.54, 1.807) is 6.07 Å². The molecule has 4 heteroatoms. The number of ether oxygens (including phenoxy) is 2. The Bertz CT molecular complexity index is 642. The molecule has 0 radical (unpaired) electrons. The first-order valence-corrected chi connectivity index (χ1v) is 6.08. The predicted molar refractivity (Wildman–Crippen MR) is 68.7 cm³/mol. The SMILES string of the molecule is O=C1C[C@H](OC(=O)c2cccc3ccccc23)CO1. The van der Waals surface area contributed by atoms with Crippen molar-refractivity contribution in [3.63, 3.8) is 0 Å². The van der Waals surface area contributed by atoms with Crippen molar-refractivity contribution < 1.29 is 19.1 Å². The van der Waals surface area contributed by atoms with Crippen LogP contribution in [0, 0.1) is 0 Å². The fourth-order valence-corrected chi connectivity index (χ4v) is 2.18. The van der Waals surface area contributed by atoms with E-state index in [-0.39, 0.29) is 19.0 Å². The molecule has 4 nitrogen and oxygen atoms in total. The third kappa shape index (κ3) is 2.29. The maximum atomic E-state index is 12.1. The number of esters is 2. The van der Waals surface area contributed by atoms with Crippen molar-refractivity contribution in [2.45, 2.75) is 12.5 Å². The number of cyclic esters (lactones) is 1. The minimum Gasteiger partial charge on any atom is -0.462 e. The van der Waals surface area contributed by atoms with Crippen LogP contribution < -0.4 is 0 Å². The molecule has 0 amide bonds. The molecule has 19 heavy (non-hydrogen) atoms. The number of carbonyl (C=O) groups is 2. The number of fused-ring (bicyclic) bond motifs is 1. The lowest BCUT2D eigenvalue weighted by Crippen LogP contribution is -2.18. The lowest BCUT2D eigenvalue weighted by atomic mass is 10.0. The summed E-state index contributed by atoms with van der Waals surface area (Å²) in [6.07, 6.45) is -0.338. The third-order valence-corrected chi connectivity index (χ3v) is 3.11. The van der Waals surface area contributed by atoms with E-state index in [1.807, 2.05) is 36.4 Å². The van der Waals surface area contributed by atoms with Crippen molar-refractivity contribution in [3.8, 4) is 0 Å². The molecule has 0 aliphatic carbocycles. The van der Waals surface area contributed by atoms with Crippen LogP contribution in [-0.2, 0) is 14.3 Å². The van der Waals surface area contributed by atoms with Crippen LogP contribution in [0.3, 0.4) is 0 Å². The van der Waals surface area contributed by atoms with Crippen molar-refractivity contribution in [3.05, 3.63) is 48.0 Å². The van der Waals surface area contributed by atoms with Crippen LogP contribution in [0.1, 0.15) is 16.8 Å². The van der Waals surface area contributed by atoms with Gasteiger partial charge in [0.05, 0.1) is 12.0 Å². The lowest BCUT2D eigenvalue weighted by molar-refractivity contribution is -0.137. The Balaban J connectivity index is 1.87. The van der Waals surface area contributed by atoms with E-state index >= 15 is 0 Å². The molecule has 0 N–H and O–H groups in total. The molecule has 0 aromatic heterocycles. The summed E-state index contributed by atoms with van der Waals surface area (Å²) in [7, 11) is 0. The summed E-state index contributed by atoms with van der Waals surface area (Å²) in [5.41, 5.74) is 0.512. The van der Waals surface area contributed by atoms with Gasteiger partial charge in [0, 0.05) is 0 Å². The van der Waals surface area contributed by atoms with Crippen molar-refractivity contribution in [1.82, 2.24) is 0 Å². The summed E-state index contributed by atoms with van der Waals surface area (Å²) in [5.74, 6) is -0.740. The summed E-state index contributed by atoms with van der Waals surface area (Å²) in [5, 5.41) is 1.83. The zero-order chi connectivity index (χ0) is 13.2. The van der Waals surface area contributed by atoms with E-state index in [0.717, 1.165) is 10.8 Å². The molecule has 0 bridgehead atoms. The van der Waals surface area contributed by atoms with Crippen molar-refractivity contribution in [2.75, 3.05) is 6.61 Å². The maximum absolute atomic E-state index is 12.1. The molecule has 2 aromatic carbocycles. The molecule has 1 heterocycles. The summed E-state index contributed by atoms with van der Waals surface area (Å²) >= 11 is 0. The van der Waals surface area contributed by atoms with Gasteiger partial charge in [-0.3, -0.25) is 4.79 Å². The lowest BCUT2D eigenvalue weighted by Gasteiger charge is -2.10. The summed E-state index contributed by atoms with van der Waals surface area (Å²) in [6, 6.07) is 13.1. The third-order valence-electron chi connectivity index (χ3n) is 3.11. The van der Waals surface area contributed by atoms with E-state index in [1.165, 1.54) is 0 Å². The Kier molecular flexibility index (Phi) is 2.91. The normalized spacial score (nSPS) is 18.3. The number of hydrogen-bond acceptors (Lipinski definition) is 4. The topological polar surface area (TPSA) is 52.6 Å². The van der Waals surface area contributed by atoms with Crippen LogP contribution in [0.4, 0.5) is 0 Å². The molecular weight excluding hydrogens is 244 g/mol. The quantitative estimate of drug-likeness (QED) is 0.774. The second-order valence-electron chi connectivity index (χ2n) is 4.44. The Morgan fingerprint density at radius 1 is 1.16 bits per heavy atom. The number of rotatable bonds is 2. The van der Waals surface area contributed by atoms with E-state index in [9.17, 15) is 9.59 Å². The van der Waals surface area contributed by atoms with Gasteiger partial charge in [0.2, 0.25) is 0 Å². The second kappa shape index (κ2) is 4.72. The van der Waals surface area contributed by atoms with Gasteiger partial charge in [-0.1, -0.05) is 36.4 Å². The van der Waals surface area contributed by atoms with Crippen LogP contribution in [0.2, 0.25) is 0 Å². The van der Waals surface area contributed by atoms with Gasteiger partial charge in [-0.15, -0.1) is 0 Å². The standard InChI is InChI=1S/C15H12O4/c16-14-8-11(9-18-14)19-15(17)13-7-3-5-10-4-1-2-6-12(10)13/h1-7,11H,8-9H2/t11-/m0/s1. The smallest absolute Gasteiger partial charge is 0.339 e. The fourth-order valence-electron chi connectivity index (χ4n) is 2.18. The van der Waals surface area contributed by atoms with Crippen LogP contribution in [0.25, 0.3) is 10.8 Å². The minimum atomic E-state index is -0.473. The highest BCUT2D eigenvalue weighted by atomic mass is 16.6. The monoisotopic (exact) mass is 256 g/mol. The molecule has 0 saturated carbocycles. The molecule has 1 aliphatic heterocycles. The van der Waals surface area contributed by atoms with Gasteiger partial charge >= 0.3 is 11.9 Å². The molecule has 1 atom stereocenters. The number of carbonyl (C=O) groups excluding carboxylic acids is 2. The fraction of sp³-hybridized carbons (Fsp3) is 0.200. The zero-order valence-electron chi connectivity index (χ0n) is 10.2. The molecule has 1 fully saturated rings. The predicted octanol–water partition coefficient (Wildman–Crippen LogP) is 2.31. The van der Waals surface area contributed by atoms with Crippen molar-refractivity contribution in [1.29, 1.82) is 0 Å². The molecule has 3 rings (SSSR count). The largest absolute Gasteiger partial charge is 0.462 e. The van der Waals surface area contributed by atoms with Gasteiger partial charge < -0.3 is 9.47 Å². The number of benzene rings is 2. The molecule has 2 aromatic rings. The van der Waals surface area contributed by atoms with E-state index in [2.05, 4.69) is 0 Å². The van der Waals surface area contributed by atoms with Crippen LogP contribution in [0.15, 0.2) is 42.5 Å². The average molecular weight is 256 g/mol. The summed E-state index contributed by atoms with van der Waals surface area (Å²) in [6.45, 7) is 0.148. The van der Waals surface area contributed by atoms with Crippen LogP contribution in [0.5, 0.6) is 0 Å². The summed E-state index contributed by atoms with van der Waals surface area (Å²) in [4.78, 5) is 23.1. The van der Waals surface area contributed by atoms with Crippen LogP contribution >= 0.6 is 0 Å². The van der Waals surface area contributed by atoms with Crippen LogP contribution in [-0.4, -0.2) is 24.6 Å². The maximum Gasteiger partial charge on any atom is 0.339 e. The Hall–Kier alpha value is -2.36. The number of hydrogen-bond donors (Lipinski definition) is 0. The first kappa shape index (κ1) is 11.7.